The summed E-state index contributed by atoms with van der Waals surface area (Å²) in [4.78, 5) is 38.1. The van der Waals surface area contributed by atoms with Gasteiger partial charge in [0.15, 0.2) is 6.54 Å². The number of unbranched alkanes of at least 4 members (excludes halogenated alkanes) is 3. The van der Waals surface area contributed by atoms with E-state index in [0.29, 0.717) is 41.8 Å². The van der Waals surface area contributed by atoms with Gasteiger partial charge in [0, 0.05) is 62.5 Å². The number of carbonyl (C=O) groups excluding carboxylic acids is 3. The molecule has 3 heterocycles. The standard InChI is InChI=1S/C32H39Cl2N5O5.C5H10ClNO.C4H11N.HI/c1-3-4-11-35-31(41)19-36-12-13-37(23-36)22-32(29-10-5-25(33)18-30(29)34)43-21-28(44-32)20-42-27-8-6-26(7-9-27)39-16-14-38(15-17-39)24(2)40;1-2-3-4-7-5(6)8;1-2-3-4-5;/h5-10,12-13,18,23,28H,3-4,11,14-17,19-22H2,1-2H3;2-4H2,1H3,(H,7,8);2-5H2,1H3;1H/t28-,32-;;;/m1.../s1. The van der Waals surface area contributed by atoms with E-state index in [2.05, 4.69) is 36.3 Å². The van der Waals surface area contributed by atoms with Gasteiger partial charge in [0.1, 0.15) is 37.4 Å². The number of nitrogens with zero attached hydrogens (tertiary/aromatic N) is 4. The number of piperazine rings is 1. The molecule has 2 aromatic carbocycles. The van der Waals surface area contributed by atoms with Gasteiger partial charge >= 0.3 is 5.37 Å². The smallest absolute Gasteiger partial charge is 0.313 e. The first-order valence-corrected chi connectivity index (χ1v) is 21.0. The van der Waals surface area contributed by atoms with Crippen LogP contribution in [-0.2, 0) is 37.9 Å². The Kier molecular flexibility index (Phi) is 24.6. The molecular weight excluding hydrogens is 920 g/mol. The maximum Gasteiger partial charge on any atom is 0.313 e. The summed E-state index contributed by atoms with van der Waals surface area (Å²) >= 11 is 17.8. The number of halogens is 4. The number of hydrogen-bond acceptors (Lipinski definition) is 8. The number of carbonyl (C=O) groups is 3. The van der Waals surface area contributed by atoms with Crippen LogP contribution in [0.15, 0.2) is 61.2 Å². The molecule has 4 N–H and O–H groups in total. The molecule has 324 valence electrons. The van der Waals surface area contributed by atoms with Crippen molar-refractivity contribution >= 4 is 57.7 Å². The molecule has 2 fully saturated rings. The lowest BCUT2D eigenvalue weighted by Crippen LogP contribution is -3.00. The zero-order chi connectivity index (χ0) is 41.6. The third-order valence-corrected chi connectivity index (χ3v) is 9.91. The van der Waals surface area contributed by atoms with Gasteiger partial charge in [0.2, 0.25) is 18.0 Å². The van der Waals surface area contributed by atoms with Gasteiger partial charge in [-0.2, -0.15) is 0 Å². The molecule has 2 atom stereocenters. The minimum atomic E-state index is -1.18. The van der Waals surface area contributed by atoms with Crippen molar-refractivity contribution in [2.45, 2.75) is 91.2 Å². The fourth-order valence-corrected chi connectivity index (χ4v) is 6.68. The second-order valence-electron chi connectivity index (χ2n) is 13.9. The minimum Gasteiger partial charge on any atom is -1.00 e. The van der Waals surface area contributed by atoms with E-state index in [1.54, 1.807) is 19.1 Å². The van der Waals surface area contributed by atoms with Gasteiger partial charge in [-0.1, -0.05) is 69.3 Å². The number of ether oxygens (including phenoxy) is 3. The van der Waals surface area contributed by atoms with Gasteiger partial charge in [-0.3, -0.25) is 14.4 Å². The van der Waals surface area contributed by atoms with Crippen molar-refractivity contribution < 1.29 is 57.1 Å². The van der Waals surface area contributed by atoms with Crippen molar-refractivity contribution in [3.63, 3.8) is 0 Å². The maximum absolute atomic E-state index is 12.3. The maximum atomic E-state index is 12.3. The highest BCUT2D eigenvalue weighted by Gasteiger charge is 2.47. The first-order valence-electron chi connectivity index (χ1n) is 19.9. The zero-order valence-corrected chi connectivity index (χ0v) is 38.6. The van der Waals surface area contributed by atoms with Gasteiger partial charge in [-0.15, -0.1) is 0 Å². The van der Waals surface area contributed by atoms with Crippen LogP contribution in [0.25, 0.3) is 0 Å². The molecule has 2 aliphatic heterocycles. The molecule has 17 heteroatoms. The van der Waals surface area contributed by atoms with Crippen LogP contribution in [0.3, 0.4) is 0 Å². The highest BCUT2D eigenvalue weighted by molar-refractivity contribution is 6.62. The molecule has 2 aliphatic rings. The number of imidazole rings is 1. The minimum absolute atomic E-state index is 0. The number of hydrogen-bond donors (Lipinski definition) is 3. The number of nitrogens with two attached hydrogens (primary N) is 1. The largest absolute Gasteiger partial charge is 1.00 e. The third kappa shape index (κ3) is 17.8. The molecule has 3 aromatic rings. The van der Waals surface area contributed by atoms with Gasteiger partial charge in [-0.25, -0.2) is 9.13 Å². The van der Waals surface area contributed by atoms with Gasteiger partial charge in [0.05, 0.1) is 11.6 Å². The topological polar surface area (TPSA) is 144 Å². The Hall–Kier alpha value is -2.86. The van der Waals surface area contributed by atoms with Crippen LogP contribution in [-0.4, -0.2) is 91.8 Å². The highest BCUT2D eigenvalue weighted by atomic mass is 127. The van der Waals surface area contributed by atoms with Crippen LogP contribution >= 0.6 is 34.8 Å². The summed E-state index contributed by atoms with van der Waals surface area (Å²) in [6.07, 6.45) is 11.7. The second kappa shape index (κ2) is 27.8. The second-order valence-corrected chi connectivity index (χ2v) is 15.1. The van der Waals surface area contributed by atoms with E-state index in [4.69, 9.17) is 54.7 Å². The quantitative estimate of drug-likeness (QED) is 0.0614. The Labute approximate surface area is 376 Å². The van der Waals surface area contributed by atoms with Crippen LogP contribution in [0.4, 0.5) is 10.5 Å². The first kappa shape index (κ1) is 51.3. The van der Waals surface area contributed by atoms with Crippen molar-refractivity contribution in [1.29, 1.82) is 0 Å². The van der Waals surface area contributed by atoms with Crippen LogP contribution < -0.4 is 54.5 Å². The molecule has 0 spiro atoms. The first-order chi connectivity index (χ1) is 27.4. The van der Waals surface area contributed by atoms with Crippen LogP contribution in [0, 0.1) is 0 Å². The highest BCUT2D eigenvalue weighted by Crippen LogP contribution is 2.40. The van der Waals surface area contributed by atoms with E-state index < -0.39 is 11.2 Å². The van der Waals surface area contributed by atoms with Crippen molar-refractivity contribution in [3.8, 4) is 5.75 Å². The Morgan fingerprint density at radius 2 is 1.60 bits per heavy atom. The molecule has 0 aliphatic carbocycles. The summed E-state index contributed by atoms with van der Waals surface area (Å²) in [6.45, 7) is 14.3. The van der Waals surface area contributed by atoms with Gasteiger partial charge in [0.25, 0.3) is 5.91 Å². The van der Waals surface area contributed by atoms with Crippen LogP contribution in [0.1, 0.15) is 71.8 Å². The molecule has 1 aromatic heterocycles. The Balaban J connectivity index is 0.000000717. The fourth-order valence-electron chi connectivity index (χ4n) is 6.04. The summed E-state index contributed by atoms with van der Waals surface area (Å²) in [5.41, 5.74) is 6.90. The number of aromatic nitrogens is 2. The predicted molar refractivity (Wildman–Crippen MR) is 226 cm³/mol. The van der Waals surface area contributed by atoms with Crippen LogP contribution in [0.5, 0.6) is 5.75 Å². The van der Waals surface area contributed by atoms with Crippen LogP contribution in [0.2, 0.25) is 10.0 Å². The fraction of sp³-hybridized carbons (Fsp3) is 0.561. The predicted octanol–water partition coefficient (Wildman–Crippen LogP) is 3.50. The monoisotopic (exact) mass is 979 g/mol. The normalized spacial score (nSPS) is 17.2. The summed E-state index contributed by atoms with van der Waals surface area (Å²) in [5, 5.41) is 5.91. The van der Waals surface area contributed by atoms with E-state index in [0.717, 1.165) is 69.8 Å². The number of anilines is 1. The lowest BCUT2D eigenvalue weighted by Gasteiger charge is -2.35. The Bertz CT molecular complexity index is 1660. The average molecular weight is 981 g/mol. The molecule has 3 amide bonds. The number of amides is 3. The number of nitrogens with one attached hydrogen (secondary N) is 2. The lowest BCUT2D eigenvalue weighted by molar-refractivity contribution is -0.684. The summed E-state index contributed by atoms with van der Waals surface area (Å²) < 4.78 is 22.8. The summed E-state index contributed by atoms with van der Waals surface area (Å²) in [6, 6.07) is 13.2. The molecule has 2 saturated heterocycles. The molecule has 0 bridgehead atoms. The van der Waals surface area contributed by atoms with Gasteiger partial charge < -0.3 is 64.4 Å². The van der Waals surface area contributed by atoms with Crippen molar-refractivity contribution in [3.05, 3.63) is 76.8 Å². The van der Waals surface area contributed by atoms with Crippen molar-refractivity contribution in [1.82, 2.24) is 20.1 Å². The van der Waals surface area contributed by atoms with E-state index in [1.807, 2.05) is 63.1 Å². The molecule has 0 unspecified atom stereocenters. The lowest BCUT2D eigenvalue weighted by atomic mass is 10.1. The summed E-state index contributed by atoms with van der Waals surface area (Å²) in [5.74, 6) is -0.369. The summed E-state index contributed by atoms with van der Waals surface area (Å²) in [7, 11) is 0. The van der Waals surface area contributed by atoms with E-state index in [9.17, 15) is 14.4 Å². The Morgan fingerprint density at radius 3 is 2.17 bits per heavy atom. The average Bonchev–Trinajstić information content (AvgIpc) is 3.81. The van der Waals surface area contributed by atoms with Gasteiger partial charge in [-0.05, 0) is 73.8 Å². The van der Waals surface area contributed by atoms with Crippen molar-refractivity contribution in [2.75, 3.05) is 63.9 Å². The zero-order valence-electron chi connectivity index (χ0n) is 34.2. The molecule has 5 rings (SSSR count). The Morgan fingerprint density at radius 1 is 0.948 bits per heavy atom. The third-order valence-electron chi connectivity index (χ3n) is 9.23. The molecule has 58 heavy (non-hydrogen) atoms. The van der Waals surface area contributed by atoms with Crippen molar-refractivity contribution in [2.24, 2.45) is 5.73 Å². The molecule has 13 nitrogen and oxygen atoms in total. The van der Waals surface area contributed by atoms with E-state index in [1.165, 1.54) is 12.8 Å². The molecular formula is C41H61Cl3IN7O6. The van der Waals surface area contributed by atoms with E-state index >= 15 is 0 Å². The molecule has 0 saturated carbocycles. The molecule has 0 radical (unpaired) electrons. The number of rotatable bonds is 17. The van der Waals surface area contributed by atoms with E-state index in [-0.39, 0.29) is 55.0 Å². The number of benzene rings is 2. The SMILES string of the molecule is CCCCN.CCCCNC(=O)C[n+]1ccn(C[C@@]2(c3ccc(Cl)cc3Cl)OC[C@@H](COc3ccc(N4CCN(C(C)=O)CC4)cc3)O2)c1.CCCCNC(=O)Cl.[I-].